The number of allylic oxidation sites excluding steroid dienone is 6. The minimum atomic E-state index is -0.770. The number of hydrogen-bond donors (Lipinski definition) is 0. The molecule has 1 atom stereocenters. The standard InChI is InChI=1S/C71H132O6/c1-4-7-10-13-16-18-20-22-24-26-28-30-32-34-35-36-38-39-41-43-45-47-49-51-53-55-58-61-64-70(73)76-67-68(66-75-69(72)63-60-57-15-12-9-6-3)77-71(74)65-62-59-56-54-52-50-48-46-44-42-40-37-33-31-29-27-25-23-21-19-17-14-11-8-5-2/h21,23,27,29,33,37,68H,4-20,22,24-26,28,30-32,34-36,38-67H2,1-3H3/b23-21-,29-27-,37-33-. The Balaban J connectivity index is 4.00. The summed E-state index contributed by atoms with van der Waals surface area (Å²) in [5, 5.41) is 0. The van der Waals surface area contributed by atoms with E-state index in [1.165, 1.54) is 270 Å². The van der Waals surface area contributed by atoms with Crippen molar-refractivity contribution in [1.82, 2.24) is 0 Å². The predicted molar refractivity (Wildman–Crippen MR) is 335 cm³/mol. The fraction of sp³-hybridized carbons (Fsp3) is 0.873. The predicted octanol–water partition coefficient (Wildman–Crippen LogP) is 23.6. The van der Waals surface area contributed by atoms with E-state index in [9.17, 15) is 14.4 Å². The molecular formula is C71H132O6. The molecule has 6 nitrogen and oxygen atoms in total. The van der Waals surface area contributed by atoms with E-state index in [-0.39, 0.29) is 31.1 Å². The molecule has 452 valence electrons. The van der Waals surface area contributed by atoms with E-state index < -0.39 is 6.10 Å². The fourth-order valence-electron chi connectivity index (χ4n) is 10.5. The van der Waals surface area contributed by atoms with Crippen LogP contribution in [0.3, 0.4) is 0 Å². The van der Waals surface area contributed by atoms with Gasteiger partial charge < -0.3 is 14.2 Å². The van der Waals surface area contributed by atoms with Crippen LogP contribution in [0.25, 0.3) is 0 Å². The molecule has 0 aromatic heterocycles. The van der Waals surface area contributed by atoms with Gasteiger partial charge in [-0.25, -0.2) is 0 Å². The Bertz CT molecular complexity index is 1290. The van der Waals surface area contributed by atoms with Gasteiger partial charge in [-0.2, -0.15) is 0 Å². The van der Waals surface area contributed by atoms with E-state index in [1.54, 1.807) is 0 Å². The highest BCUT2D eigenvalue weighted by Crippen LogP contribution is 2.18. The van der Waals surface area contributed by atoms with Crippen LogP contribution >= 0.6 is 0 Å². The molecule has 0 spiro atoms. The van der Waals surface area contributed by atoms with E-state index in [1.807, 2.05) is 0 Å². The van der Waals surface area contributed by atoms with Gasteiger partial charge in [-0.3, -0.25) is 14.4 Å². The van der Waals surface area contributed by atoms with Crippen molar-refractivity contribution in [1.29, 1.82) is 0 Å². The van der Waals surface area contributed by atoms with Crippen LogP contribution in [-0.2, 0) is 28.6 Å². The van der Waals surface area contributed by atoms with Gasteiger partial charge in [0, 0.05) is 19.3 Å². The van der Waals surface area contributed by atoms with Gasteiger partial charge in [-0.15, -0.1) is 0 Å². The maximum atomic E-state index is 12.9. The van der Waals surface area contributed by atoms with Gasteiger partial charge in [0.05, 0.1) is 0 Å². The Labute approximate surface area is 480 Å². The van der Waals surface area contributed by atoms with Gasteiger partial charge >= 0.3 is 17.9 Å². The molecule has 0 heterocycles. The molecule has 0 aliphatic carbocycles. The lowest BCUT2D eigenvalue weighted by atomic mass is 10.0. The molecule has 0 amide bonds. The van der Waals surface area contributed by atoms with E-state index in [0.29, 0.717) is 19.3 Å². The van der Waals surface area contributed by atoms with Crippen LogP contribution in [0.1, 0.15) is 380 Å². The third-order valence-corrected chi connectivity index (χ3v) is 15.6. The normalized spacial score (nSPS) is 12.2. The summed E-state index contributed by atoms with van der Waals surface area (Å²) in [6.45, 7) is 6.63. The van der Waals surface area contributed by atoms with Crippen molar-refractivity contribution in [2.24, 2.45) is 0 Å². The number of ether oxygens (including phenoxy) is 3. The molecule has 77 heavy (non-hydrogen) atoms. The zero-order chi connectivity index (χ0) is 55.7. The van der Waals surface area contributed by atoms with Crippen molar-refractivity contribution in [3.63, 3.8) is 0 Å². The lowest BCUT2D eigenvalue weighted by molar-refractivity contribution is -0.167. The number of carbonyl (C=O) groups is 3. The molecule has 0 bridgehead atoms. The van der Waals surface area contributed by atoms with Crippen LogP contribution in [0, 0.1) is 0 Å². The van der Waals surface area contributed by atoms with Crippen LogP contribution < -0.4 is 0 Å². The molecule has 0 aliphatic heterocycles. The lowest BCUT2D eigenvalue weighted by Gasteiger charge is -2.18. The number of unbranched alkanes of at least 4 members (excludes halogenated alkanes) is 47. The minimum absolute atomic E-state index is 0.0691. The molecule has 0 saturated heterocycles. The molecule has 1 unspecified atom stereocenters. The van der Waals surface area contributed by atoms with E-state index >= 15 is 0 Å². The first-order chi connectivity index (χ1) is 38.0. The van der Waals surface area contributed by atoms with Gasteiger partial charge in [0.15, 0.2) is 6.10 Å². The second kappa shape index (κ2) is 66.1. The Hall–Kier alpha value is -2.37. The first-order valence-electron chi connectivity index (χ1n) is 34.5. The zero-order valence-electron chi connectivity index (χ0n) is 52.0. The number of rotatable bonds is 64. The first-order valence-corrected chi connectivity index (χ1v) is 34.5. The number of esters is 3. The highest BCUT2D eigenvalue weighted by molar-refractivity contribution is 5.71. The average molecular weight is 1080 g/mol. The molecule has 0 fully saturated rings. The second-order valence-corrected chi connectivity index (χ2v) is 23.5. The molecule has 0 radical (unpaired) electrons. The van der Waals surface area contributed by atoms with Crippen molar-refractivity contribution >= 4 is 17.9 Å². The van der Waals surface area contributed by atoms with Crippen molar-refractivity contribution in [2.75, 3.05) is 13.2 Å². The third kappa shape index (κ3) is 64.3. The minimum Gasteiger partial charge on any atom is -0.462 e. The summed E-state index contributed by atoms with van der Waals surface area (Å²) in [5.41, 5.74) is 0. The largest absolute Gasteiger partial charge is 0.462 e. The summed E-state index contributed by atoms with van der Waals surface area (Å²) in [5.74, 6) is -0.859. The number of carbonyl (C=O) groups excluding carboxylic acids is 3. The second-order valence-electron chi connectivity index (χ2n) is 23.5. The van der Waals surface area contributed by atoms with E-state index in [4.69, 9.17) is 14.2 Å². The molecule has 6 heteroatoms. The van der Waals surface area contributed by atoms with E-state index in [2.05, 4.69) is 57.2 Å². The highest BCUT2D eigenvalue weighted by atomic mass is 16.6. The summed E-state index contributed by atoms with van der Waals surface area (Å²) in [4.78, 5) is 38.1. The summed E-state index contributed by atoms with van der Waals surface area (Å²) in [6, 6.07) is 0. The van der Waals surface area contributed by atoms with Gasteiger partial charge in [0.2, 0.25) is 0 Å². The smallest absolute Gasteiger partial charge is 0.306 e. The van der Waals surface area contributed by atoms with Gasteiger partial charge in [-0.05, 0) is 57.8 Å². The SMILES string of the molecule is CCCCCCC/C=C\C/C=C\C/C=C\CCCCCCCCCCCCC(=O)OC(COC(=O)CCCCCCCC)COC(=O)CCCCCCCCCCCCCCCCCCCCCCCCCCCCCC. The zero-order valence-corrected chi connectivity index (χ0v) is 52.0. The molecule has 0 N–H and O–H groups in total. The van der Waals surface area contributed by atoms with Gasteiger partial charge in [-0.1, -0.05) is 340 Å². The topological polar surface area (TPSA) is 78.9 Å². The Morgan fingerprint density at radius 3 is 0.727 bits per heavy atom. The molecule has 0 aliphatic rings. The maximum Gasteiger partial charge on any atom is 0.306 e. The van der Waals surface area contributed by atoms with E-state index in [0.717, 1.165) is 70.6 Å². The van der Waals surface area contributed by atoms with Crippen LogP contribution in [0.4, 0.5) is 0 Å². The Morgan fingerprint density at radius 1 is 0.260 bits per heavy atom. The molecule has 0 aromatic rings. The summed E-state index contributed by atoms with van der Waals surface area (Å²) in [7, 11) is 0. The molecule has 0 rings (SSSR count). The van der Waals surface area contributed by atoms with Crippen molar-refractivity contribution in [3.8, 4) is 0 Å². The van der Waals surface area contributed by atoms with Crippen molar-refractivity contribution < 1.29 is 28.6 Å². The molecule has 0 saturated carbocycles. The Kier molecular flexibility index (Phi) is 64.1. The van der Waals surface area contributed by atoms with Crippen molar-refractivity contribution in [3.05, 3.63) is 36.5 Å². The fourth-order valence-corrected chi connectivity index (χ4v) is 10.5. The average Bonchev–Trinajstić information content (AvgIpc) is 3.43. The Morgan fingerprint density at radius 2 is 0.468 bits per heavy atom. The maximum absolute atomic E-state index is 12.9. The lowest BCUT2D eigenvalue weighted by Crippen LogP contribution is -2.30. The van der Waals surface area contributed by atoms with Crippen LogP contribution in [0.5, 0.6) is 0 Å². The van der Waals surface area contributed by atoms with Crippen LogP contribution in [0.2, 0.25) is 0 Å². The monoisotopic (exact) mass is 1080 g/mol. The van der Waals surface area contributed by atoms with Gasteiger partial charge in [0.1, 0.15) is 13.2 Å². The van der Waals surface area contributed by atoms with Crippen LogP contribution in [0.15, 0.2) is 36.5 Å². The summed E-state index contributed by atoms with van der Waals surface area (Å²) >= 11 is 0. The highest BCUT2D eigenvalue weighted by Gasteiger charge is 2.19. The summed E-state index contributed by atoms with van der Waals surface area (Å²) in [6.07, 6.45) is 82.1. The molecular weight excluding hydrogens is 949 g/mol. The molecule has 0 aromatic carbocycles. The van der Waals surface area contributed by atoms with Crippen molar-refractivity contribution in [2.45, 2.75) is 386 Å². The first kappa shape index (κ1) is 74.6. The third-order valence-electron chi connectivity index (χ3n) is 15.6. The van der Waals surface area contributed by atoms with Crippen LogP contribution in [-0.4, -0.2) is 37.2 Å². The summed E-state index contributed by atoms with van der Waals surface area (Å²) < 4.78 is 16.8. The number of hydrogen-bond acceptors (Lipinski definition) is 6. The quantitative estimate of drug-likeness (QED) is 0.0261. The van der Waals surface area contributed by atoms with Gasteiger partial charge in [0.25, 0.3) is 0 Å².